The van der Waals surface area contributed by atoms with Crippen molar-refractivity contribution in [2.45, 2.75) is 0 Å². The highest BCUT2D eigenvalue weighted by molar-refractivity contribution is 6.08. The van der Waals surface area contributed by atoms with Gasteiger partial charge in [-0.1, -0.05) is 60.7 Å². The number of piperazine rings is 1. The van der Waals surface area contributed by atoms with Crippen molar-refractivity contribution in [3.63, 3.8) is 0 Å². The van der Waals surface area contributed by atoms with Crippen LogP contribution in [0.4, 0.5) is 0 Å². The first-order valence-electron chi connectivity index (χ1n) is 11.9. The van der Waals surface area contributed by atoms with Crippen LogP contribution in [0.3, 0.4) is 0 Å². The molecule has 2 amide bonds. The number of rotatable bonds is 3. The molecule has 0 unspecified atom stereocenters. The van der Waals surface area contributed by atoms with Crippen molar-refractivity contribution in [3.05, 3.63) is 103 Å². The van der Waals surface area contributed by atoms with Gasteiger partial charge in [0.2, 0.25) is 0 Å². The molecule has 176 valence electrons. The first-order valence-corrected chi connectivity index (χ1v) is 11.9. The number of carbonyl (C=O) groups is 2. The van der Waals surface area contributed by atoms with Crippen LogP contribution < -0.4 is 0 Å². The highest BCUT2D eigenvalue weighted by Crippen LogP contribution is 2.31. The lowest BCUT2D eigenvalue weighted by atomic mass is 9.98. The first-order chi connectivity index (χ1) is 17.7. The fourth-order valence-corrected chi connectivity index (χ4v) is 4.79. The average Bonchev–Trinajstić information content (AvgIpc) is 2.96. The SMILES string of the molecule is O=C(c1cnccn1)N1CCN(C(=O)c2cc(-c3cccc4ccccc34)nc3ccccc23)CC1. The van der Waals surface area contributed by atoms with E-state index in [9.17, 15) is 9.59 Å². The summed E-state index contributed by atoms with van der Waals surface area (Å²) in [5.74, 6) is -0.218. The van der Waals surface area contributed by atoms with Crippen LogP contribution >= 0.6 is 0 Å². The second-order valence-corrected chi connectivity index (χ2v) is 8.77. The zero-order valence-electron chi connectivity index (χ0n) is 19.5. The van der Waals surface area contributed by atoms with Gasteiger partial charge in [-0.3, -0.25) is 14.6 Å². The highest BCUT2D eigenvalue weighted by Gasteiger charge is 2.27. The molecule has 1 fully saturated rings. The Morgan fingerprint density at radius 2 is 1.42 bits per heavy atom. The molecule has 7 heteroatoms. The summed E-state index contributed by atoms with van der Waals surface area (Å²) in [5, 5.41) is 3.05. The lowest BCUT2D eigenvalue weighted by Crippen LogP contribution is -2.50. The van der Waals surface area contributed by atoms with Gasteiger partial charge in [0.25, 0.3) is 11.8 Å². The third-order valence-electron chi connectivity index (χ3n) is 6.65. The number of pyridine rings is 1. The van der Waals surface area contributed by atoms with Crippen molar-refractivity contribution >= 4 is 33.5 Å². The van der Waals surface area contributed by atoms with Crippen molar-refractivity contribution in [2.24, 2.45) is 0 Å². The van der Waals surface area contributed by atoms with E-state index >= 15 is 0 Å². The van der Waals surface area contributed by atoms with Gasteiger partial charge in [0.1, 0.15) is 5.69 Å². The van der Waals surface area contributed by atoms with Gasteiger partial charge >= 0.3 is 0 Å². The van der Waals surface area contributed by atoms with Crippen molar-refractivity contribution < 1.29 is 9.59 Å². The maximum atomic E-state index is 13.8. The minimum absolute atomic E-state index is 0.0540. The summed E-state index contributed by atoms with van der Waals surface area (Å²) in [6.45, 7) is 1.79. The molecule has 0 spiro atoms. The smallest absolute Gasteiger partial charge is 0.274 e. The largest absolute Gasteiger partial charge is 0.335 e. The van der Waals surface area contributed by atoms with Gasteiger partial charge in [0.15, 0.2) is 0 Å². The van der Waals surface area contributed by atoms with E-state index < -0.39 is 0 Å². The van der Waals surface area contributed by atoms with E-state index in [1.54, 1.807) is 11.1 Å². The summed E-state index contributed by atoms with van der Waals surface area (Å²) in [7, 11) is 0. The van der Waals surface area contributed by atoms with Gasteiger partial charge < -0.3 is 9.80 Å². The molecule has 5 aromatic rings. The normalized spacial score (nSPS) is 13.8. The number of amides is 2. The van der Waals surface area contributed by atoms with Crippen LogP contribution in [0, 0.1) is 0 Å². The number of benzene rings is 3. The Morgan fingerprint density at radius 1 is 0.722 bits per heavy atom. The number of nitrogens with zero attached hydrogens (tertiary/aromatic N) is 5. The van der Waals surface area contributed by atoms with Crippen molar-refractivity contribution in [3.8, 4) is 11.3 Å². The quantitative estimate of drug-likeness (QED) is 0.387. The average molecular weight is 474 g/mol. The first kappa shape index (κ1) is 21.9. The number of para-hydroxylation sites is 1. The van der Waals surface area contributed by atoms with Gasteiger partial charge in [-0.25, -0.2) is 9.97 Å². The molecule has 0 saturated carbocycles. The van der Waals surface area contributed by atoms with Crippen LogP contribution in [0.25, 0.3) is 32.9 Å². The van der Waals surface area contributed by atoms with Crippen LogP contribution in [0.2, 0.25) is 0 Å². The maximum Gasteiger partial charge on any atom is 0.274 e. The number of hydrogen-bond donors (Lipinski definition) is 0. The van der Waals surface area contributed by atoms with Crippen molar-refractivity contribution in [2.75, 3.05) is 26.2 Å². The lowest BCUT2D eigenvalue weighted by Gasteiger charge is -2.34. The fraction of sp³-hybridized carbons (Fsp3) is 0.138. The molecule has 2 aromatic heterocycles. The monoisotopic (exact) mass is 473 g/mol. The number of aromatic nitrogens is 3. The molecule has 0 aliphatic carbocycles. The van der Waals surface area contributed by atoms with Crippen LogP contribution in [0.5, 0.6) is 0 Å². The minimum atomic E-state index is -0.164. The second-order valence-electron chi connectivity index (χ2n) is 8.77. The minimum Gasteiger partial charge on any atom is -0.335 e. The Balaban J connectivity index is 1.32. The standard InChI is InChI=1S/C29H23N5O2/c35-28(33-14-16-34(17-15-33)29(36)27-19-30-12-13-31-27)24-18-26(32-25-11-4-3-9-23(24)25)22-10-5-7-20-6-1-2-8-21(20)22/h1-13,18-19H,14-17H2. The van der Waals surface area contributed by atoms with Crippen LogP contribution in [-0.4, -0.2) is 62.7 Å². The van der Waals surface area contributed by atoms with Crippen LogP contribution in [-0.2, 0) is 0 Å². The summed E-state index contributed by atoms with van der Waals surface area (Å²) in [6, 6.07) is 24.0. The Morgan fingerprint density at radius 3 is 2.19 bits per heavy atom. The molecular formula is C29H23N5O2. The Hall–Kier alpha value is -4.65. The predicted molar refractivity (Wildman–Crippen MR) is 139 cm³/mol. The summed E-state index contributed by atoms with van der Waals surface area (Å²) in [5.41, 5.74) is 3.48. The van der Waals surface area contributed by atoms with Gasteiger partial charge in [0.05, 0.1) is 23.0 Å². The highest BCUT2D eigenvalue weighted by atomic mass is 16.2. The van der Waals surface area contributed by atoms with Crippen molar-refractivity contribution in [1.29, 1.82) is 0 Å². The Kier molecular flexibility index (Phi) is 5.58. The molecule has 0 atom stereocenters. The molecule has 6 rings (SSSR count). The summed E-state index contributed by atoms with van der Waals surface area (Å²) in [4.78, 5) is 43.1. The molecule has 3 heterocycles. The summed E-state index contributed by atoms with van der Waals surface area (Å²) in [6.07, 6.45) is 4.52. The Bertz CT molecular complexity index is 1590. The summed E-state index contributed by atoms with van der Waals surface area (Å²) < 4.78 is 0. The zero-order chi connectivity index (χ0) is 24.5. The van der Waals surface area contributed by atoms with Gasteiger partial charge in [-0.05, 0) is 22.9 Å². The molecule has 36 heavy (non-hydrogen) atoms. The van der Waals surface area contributed by atoms with E-state index in [4.69, 9.17) is 4.98 Å². The van der Waals surface area contributed by atoms with E-state index in [-0.39, 0.29) is 11.8 Å². The van der Waals surface area contributed by atoms with E-state index in [1.807, 2.05) is 59.5 Å². The van der Waals surface area contributed by atoms with Crippen LogP contribution in [0.15, 0.2) is 91.4 Å². The second kappa shape index (κ2) is 9.19. The summed E-state index contributed by atoms with van der Waals surface area (Å²) >= 11 is 0. The molecular weight excluding hydrogens is 450 g/mol. The topological polar surface area (TPSA) is 79.3 Å². The zero-order valence-corrected chi connectivity index (χ0v) is 19.5. The molecule has 0 radical (unpaired) electrons. The van der Waals surface area contributed by atoms with Crippen molar-refractivity contribution in [1.82, 2.24) is 24.8 Å². The molecule has 1 aliphatic heterocycles. The number of fused-ring (bicyclic) bond motifs is 2. The fourth-order valence-electron chi connectivity index (χ4n) is 4.79. The van der Waals surface area contributed by atoms with Crippen LogP contribution in [0.1, 0.15) is 20.8 Å². The van der Waals surface area contributed by atoms with E-state index in [2.05, 4.69) is 28.2 Å². The molecule has 0 N–H and O–H groups in total. The number of carbonyl (C=O) groups excluding carboxylic acids is 2. The third kappa shape index (κ3) is 3.94. The van der Waals surface area contributed by atoms with E-state index in [0.717, 1.165) is 32.9 Å². The molecule has 1 aliphatic rings. The molecule has 0 bridgehead atoms. The number of hydrogen-bond acceptors (Lipinski definition) is 5. The van der Waals surface area contributed by atoms with Gasteiger partial charge in [-0.15, -0.1) is 0 Å². The lowest BCUT2D eigenvalue weighted by molar-refractivity contribution is 0.0533. The predicted octanol–water partition coefficient (Wildman–Crippen LogP) is 4.44. The van der Waals surface area contributed by atoms with Gasteiger partial charge in [0, 0.05) is 49.5 Å². The van der Waals surface area contributed by atoms with Gasteiger partial charge in [-0.2, -0.15) is 0 Å². The molecule has 1 saturated heterocycles. The van der Waals surface area contributed by atoms with E-state index in [0.29, 0.717) is 37.4 Å². The Labute approximate surface area is 208 Å². The molecule has 3 aromatic carbocycles. The third-order valence-corrected chi connectivity index (χ3v) is 6.65. The molecule has 7 nitrogen and oxygen atoms in total. The van der Waals surface area contributed by atoms with E-state index in [1.165, 1.54) is 12.4 Å². The maximum absolute atomic E-state index is 13.8.